The molecule has 1 aliphatic rings. The Morgan fingerprint density at radius 2 is 1.86 bits per heavy atom. The number of carbonyl (C=O) groups excluding carboxylic acids is 2. The van der Waals surface area contributed by atoms with Crippen molar-refractivity contribution in [1.82, 2.24) is 9.62 Å². The van der Waals surface area contributed by atoms with Crippen LogP contribution < -0.4 is 5.32 Å². The zero-order valence-electron chi connectivity index (χ0n) is 12.9. The monoisotopic (exact) mass is 324 g/mol. The summed E-state index contributed by atoms with van der Waals surface area (Å²) >= 11 is 0. The van der Waals surface area contributed by atoms with Gasteiger partial charge in [0.25, 0.3) is 21.8 Å². The van der Waals surface area contributed by atoms with E-state index in [9.17, 15) is 18.0 Å². The minimum absolute atomic E-state index is 0.0473. The molecule has 0 bridgehead atoms. The maximum absolute atomic E-state index is 12.3. The number of fused-ring (bicyclic) bond motifs is 1. The normalized spacial score (nSPS) is 16.0. The maximum Gasteiger partial charge on any atom is 0.268 e. The summed E-state index contributed by atoms with van der Waals surface area (Å²) in [6.07, 6.45) is 1.60. The molecule has 1 aromatic rings. The van der Waals surface area contributed by atoms with Crippen LogP contribution in [0.1, 0.15) is 54.3 Å². The second-order valence-corrected chi connectivity index (χ2v) is 7.00. The van der Waals surface area contributed by atoms with E-state index in [0.29, 0.717) is 0 Å². The van der Waals surface area contributed by atoms with Crippen molar-refractivity contribution in [3.05, 3.63) is 29.3 Å². The van der Waals surface area contributed by atoms with Crippen LogP contribution in [0.2, 0.25) is 0 Å². The molecule has 0 aliphatic carbocycles. The lowest BCUT2D eigenvalue weighted by Gasteiger charge is -2.15. The maximum atomic E-state index is 12.3. The van der Waals surface area contributed by atoms with E-state index in [4.69, 9.17) is 0 Å². The van der Waals surface area contributed by atoms with Crippen LogP contribution in [-0.2, 0) is 10.0 Å². The van der Waals surface area contributed by atoms with Gasteiger partial charge in [0, 0.05) is 18.2 Å². The Balaban J connectivity index is 2.38. The molecular weight excluding hydrogens is 304 g/mol. The molecule has 1 aliphatic heterocycles. The number of benzene rings is 1. The van der Waals surface area contributed by atoms with Crippen LogP contribution in [-0.4, -0.2) is 37.1 Å². The summed E-state index contributed by atoms with van der Waals surface area (Å²) in [6.45, 7) is 5.62. The molecule has 22 heavy (non-hydrogen) atoms. The fourth-order valence-corrected chi connectivity index (χ4v) is 4.09. The molecule has 120 valence electrons. The molecule has 0 saturated heterocycles. The lowest BCUT2D eigenvalue weighted by molar-refractivity contribution is 0.0873. The van der Waals surface area contributed by atoms with Crippen molar-refractivity contribution in [3.8, 4) is 0 Å². The third-order valence-corrected chi connectivity index (χ3v) is 5.77. The SMILES string of the molecule is CCC(CC)NC(=O)c1ccc2c(c1)S(=O)(=O)N(CC)C2=O. The van der Waals surface area contributed by atoms with Gasteiger partial charge in [-0.05, 0) is 38.0 Å². The van der Waals surface area contributed by atoms with Gasteiger partial charge in [-0.15, -0.1) is 0 Å². The first-order valence-corrected chi connectivity index (χ1v) is 8.82. The standard InChI is InChI=1S/C15H20N2O4S/c1-4-11(5-2)16-14(18)10-7-8-12-13(9-10)22(20,21)17(6-3)15(12)19/h7-9,11H,4-6H2,1-3H3,(H,16,18). The first-order valence-electron chi connectivity index (χ1n) is 7.38. The molecule has 1 heterocycles. The van der Waals surface area contributed by atoms with Gasteiger partial charge in [0.05, 0.1) is 5.56 Å². The van der Waals surface area contributed by atoms with Gasteiger partial charge < -0.3 is 5.32 Å². The Morgan fingerprint density at radius 3 is 2.41 bits per heavy atom. The molecule has 0 radical (unpaired) electrons. The van der Waals surface area contributed by atoms with Crippen LogP contribution in [0.3, 0.4) is 0 Å². The first-order chi connectivity index (χ1) is 10.4. The summed E-state index contributed by atoms with van der Waals surface area (Å²) in [7, 11) is -3.84. The summed E-state index contributed by atoms with van der Waals surface area (Å²) in [4.78, 5) is 24.2. The first kappa shape index (κ1) is 16.5. The molecule has 7 heteroatoms. The number of carbonyl (C=O) groups is 2. The third kappa shape index (κ3) is 2.61. The Bertz CT molecular complexity index is 708. The van der Waals surface area contributed by atoms with Gasteiger partial charge in [-0.3, -0.25) is 9.59 Å². The van der Waals surface area contributed by atoms with Crippen molar-refractivity contribution < 1.29 is 18.0 Å². The van der Waals surface area contributed by atoms with Crippen LogP contribution in [0.4, 0.5) is 0 Å². The van der Waals surface area contributed by atoms with Gasteiger partial charge in [0.1, 0.15) is 4.90 Å². The van der Waals surface area contributed by atoms with Gasteiger partial charge in [-0.2, -0.15) is 0 Å². The van der Waals surface area contributed by atoms with Crippen molar-refractivity contribution in [2.24, 2.45) is 0 Å². The van der Waals surface area contributed by atoms with Crippen LogP contribution in [0.15, 0.2) is 23.1 Å². The lowest BCUT2D eigenvalue weighted by Crippen LogP contribution is -2.33. The van der Waals surface area contributed by atoms with Gasteiger partial charge in [0.15, 0.2) is 0 Å². The fraction of sp³-hybridized carbons (Fsp3) is 0.467. The molecule has 2 rings (SSSR count). The third-order valence-electron chi connectivity index (χ3n) is 3.88. The Hall–Kier alpha value is -1.89. The quantitative estimate of drug-likeness (QED) is 0.894. The molecule has 1 N–H and O–H groups in total. The summed E-state index contributed by atoms with van der Waals surface area (Å²) in [5, 5.41) is 2.86. The number of nitrogens with one attached hydrogen (secondary N) is 1. The summed E-state index contributed by atoms with van der Waals surface area (Å²) in [6, 6.07) is 4.23. The van der Waals surface area contributed by atoms with Gasteiger partial charge in [-0.25, -0.2) is 12.7 Å². The second kappa shape index (κ2) is 6.08. The van der Waals surface area contributed by atoms with E-state index in [0.717, 1.165) is 17.1 Å². The summed E-state index contributed by atoms with van der Waals surface area (Å²) in [5.74, 6) is -0.862. The number of hydrogen-bond acceptors (Lipinski definition) is 4. The summed E-state index contributed by atoms with van der Waals surface area (Å²) in [5.41, 5.74) is 0.376. The molecule has 0 saturated carbocycles. The van der Waals surface area contributed by atoms with E-state index in [-0.39, 0.29) is 34.5 Å². The van der Waals surface area contributed by atoms with Crippen molar-refractivity contribution in [1.29, 1.82) is 0 Å². The van der Waals surface area contributed by atoms with Crippen molar-refractivity contribution in [2.75, 3.05) is 6.54 Å². The van der Waals surface area contributed by atoms with Gasteiger partial charge in [0.2, 0.25) is 0 Å². The second-order valence-electron chi connectivity index (χ2n) is 5.17. The average molecular weight is 324 g/mol. The van der Waals surface area contributed by atoms with E-state index in [2.05, 4.69) is 5.32 Å². The molecule has 0 unspecified atom stereocenters. The highest BCUT2D eigenvalue weighted by atomic mass is 32.2. The predicted octanol–water partition coefficient (Wildman–Crippen LogP) is 1.77. The molecule has 0 aromatic heterocycles. The minimum Gasteiger partial charge on any atom is -0.349 e. The molecule has 0 fully saturated rings. The Labute approximate surface area is 130 Å². The largest absolute Gasteiger partial charge is 0.349 e. The minimum atomic E-state index is -3.84. The van der Waals surface area contributed by atoms with Gasteiger partial charge in [-0.1, -0.05) is 13.8 Å². The molecule has 1 aromatic carbocycles. The molecule has 0 spiro atoms. The number of sulfonamides is 1. The van der Waals surface area contributed by atoms with Crippen LogP contribution in [0.25, 0.3) is 0 Å². The highest BCUT2D eigenvalue weighted by Gasteiger charge is 2.40. The summed E-state index contributed by atoms with van der Waals surface area (Å²) < 4.78 is 25.4. The van der Waals surface area contributed by atoms with Crippen molar-refractivity contribution in [3.63, 3.8) is 0 Å². The topological polar surface area (TPSA) is 83.6 Å². The number of nitrogens with zero attached hydrogens (tertiary/aromatic N) is 1. The van der Waals surface area contributed by atoms with Crippen LogP contribution >= 0.6 is 0 Å². The van der Waals surface area contributed by atoms with E-state index < -0.39 is 15.9 Å². The molecule has 0 atom stereocenters. The number of hydrogen-bond donors (Lipinski definition) is 1. The molecule has 6 nitrogen and oxygen atoms in total. The van der Waals surface area contributed by atoms with Crippen LogP contribution in [0, 0.1) is 0 Å². The smallest absolute Gasteiger partial charge is 0.268 e. The molecular formula is C15H20N2O4S. The van der Waals surface area contributed by atoms with E-state index in [1.807, 2.05) is 13.8 Å². The highest BCUT2D eigenvalue weighted by Crippen LogP contribution is 2.30. The van der Waals surface area contributed by atoms with Crippen LogP contribution in [0.5, 0.6) is 0 Å². The number of amides is 2. The predicted molar refractivity (Wildman–Crippen MR) is 82.2 cm³/mol. The lowest BCUT2D eigenvalue weighted by atomic mass is 10.1. The average Bonchev–Trinajstić information content (AvgIpc) is 2.70. The highest BCUT2D eigenvalue weighted by molar-refractivity contribution is 7.90. The van der Waals surface area contributed by atoms with E-state index in [1.165, 1.54) is 18.2 Å². The zero-order chi connectivity index (χ0) is 16.5. The Kier molecular flexibility index (Phi) is 4.55. The zero-order valence-corrected chi connectivity index (χ0v) is 13.7. The van der Waals surface area contributed by atoms with Crippen molar-refractivity contribution >= 4 is 21.8 Å². The molecule has 2 amide bonds. The van der Waals surface area contributed by atoms with E-state index >= 15 is 0 Å². The fourth-order valence-electron chi connectivity index (χ4n) is 2.49. The van der Waals surface area contributed by atoms with Crippen molar-refractivity contribution in [2.45, 2.75) is 44.6 Å². The number of rotatable bonds is 5. The Morgan fingerprint density at radius 1 is 1.23 bits per heavy atom. The van der Waals surface area contributed by atoms with E-state index in [1.54, 1.807) is 6.92 Å². The van der Waals surface area contributed by atoms with Gasteiger partial charge >= 0.3 is 0 Å².